The summed E-state index contributed by atoms with van der Waals surface area (Å²) >= 11 is 1.98. The van der Waals surface area contributed by atoms with Crippen LogP contribution in [0.4, 0.5) is 5.82 Å². The number of anilines is 1. The number of pyridine rings is 1. The molecule has 1 aromatic rings. The highest BCUT2D eigenvalue weighted by Crippen LogP contribution is 2.24. The molecule has 2 rings (SSSR count). The standard InChI is InChI=1S/C13H18N2O2S/c1-3-17-13(16)10-4-5-12(14-8-10)15(2)11-6-7-18-9-11/h4-5,8,11H,3,6-7,9H2,1-2H3. The summed E-state index contributed by atoms with van der Waals surface area (Å²) in [5, 5.41) is 0. The Hall–Kier alpha value is -1.23. The molecule has 1 fully saturated rings. The van der Waals surface area contributed by atoms with E-state index in [-0.39, 0.29) is 5.97 Å². The Labute approximate surface area is 112 Å². The van der Waals surface area contributed by atoms with E-state index in [4.69, 9.17) is 4.74 Å². The second-order valence-electron chi connectivity index (χ2n) is 4.25. The quantitative estimate of drug-likeness (QED) is 0.782. The van der Waals surface area contributed by atoms with Crippen LogP contribution in [0.2, 0.25) is 0 Å². The van der Waals surface area contributed by atoms with E-state index in [1.165, 1.54) is 12.2 Å². The molecule has 4 nitrogen and oxygen atoms in total. The first-order valence-electron chi connectivity index (χ1n) is 6.16. The van der Waals surface area contributed by atoms with E-state index in [1.54, 1.807) is 19.2 Å². The SMILES string of the molecule is CCOC(=O)c1ccc(N(C)C2CCSC2)nc1. The molecule has 0 N–H and O–H groups in total. The van der Waals surface area contributed by atoms with Gasteiger partial charge in [-0.25, -0.2) is 9.78 Å². The van der Waals surface area contributed by atoms with Crippen molar-refractivity contribution in [2.24, 2.45) is 0 Å². The highest BCUT2D eigenvalue weighted by molar-refractivity contribution is 7.99. The van der Waals surface area contributed by atoms with Crippen LogP contribution in [-0.2, 0) is 4.74 Å². The van der Waals surface area contributed by atoms with Gasteiger partial charge in [0.25, 0.3) is 0 Å². The maximum Gasteiger partial charge on any atom is 0.339 e. The highest BCUT2D eigenvalue weighted by Gasteiger charge is 2.21. The van der Waals surface area contributed by atoms with Crippen molar-refractivity contribution in [2.75, 3.05) is 30.1 Å². The molecular weight excluding hydrogens is 248 g/mol. The van der Waals surface area contributed by atoms with Gasteiger partial charge in [0.05, 0.1) is 12.2 Å². The van der Waals surface area contributed by atoms with Gasteiger partial charge >= 0.3 is 5.97 Å². The molecule has 0 aliphatic carbocycles. The Balaban J connectivity index is 2.04. The second-order valence-corrected chi connectivity index (χ2v) is 5.40. The third kappa shape index (κ3) is 2.96. The number of carbonyl (C=O) groups is 1. The summed E-state index contributed by atoms with van der Waals surface area (Å²) in [4.78, 5) is 18.0. The zero-order valence-electron chi connectivity index (χ0n) is 10.8. The first kappa shape index (κ1) is 13.2. The van der Waals surface area contributed by atoms with Crippen molar-refractivity contribution in [3.63, 3.8) is 0 Å². The van der Waals surface area contributed by atoms with E-state index < -0.39 is 0 Å². The lowest BCUT2D eigenvalue weighted by Gasteiger charge is -2.24. The van der Waals surface area contributed by atoms with Crippen molar-refractivity contribution in [3.05, 3.63) is 23.9 Å². The van der Waals surface area contributed by atoms with Crippen molar-refractivity contribution in [1.82, 2.24) is 4.98 Å². The van der Waals surface area contributed by atoms with Crippen LogP contribution in [0.5, 0.6) is 0 Å². The fraction of sp³-hybridized carbons (Fsp3) is 0.538. The van der Waals surface area contributed by atoms with E-state index in [2.05, 4.69) is 16.9 Å². The molecule has 0 saturated carbocycles. The molecule has 2 heterocycles. The molecule has 0 bridgehead atoms. The van der Waals surface area contributed by atoms with Crippen LogP contribution in [0.15, 0.2) is 18.3 Å². The van der Waals surface area contributed by atoms with Crippen LogP contribution in [0, 0.1) is 0 Å². The van der Waals surface area contributed by atoms with E-state index in [0.717, 1.165) is 11.6 Å². The molecule has 1 aliphatic heterocycles. The van der Waals surface area contributed by atoms with Crippen LogP contribution >= 0.6 is 11.8 Å². The van der Waals surface area contributed by atoms with E-state index in [1.807, 2.05) is 17.8 Å². The van der Waals surface area contributed by atoms with Gasteiger partial charge in [-0.05, 0) is 31.2 Å². The van der Waals surface area contributed by atoms with E-state index >= 15 is 0 Å². The maximum absolute atomic E-state index is 11.5. The van der Waals surface area contributed by atoms with Crippen molar-refractivity contribution >= 4 is 23.5 Å². The number of thioether (sulfide) groups is 1. The Morgan fingerprint density at radius 3 is 3.00 bits per heavy atom. The summed E-state index contributed by atoms with van der Waals surface area (Å²) in [7, 11) is 2.06. The fourth-order valence-corrected chi connectivity index (χ4v) is 3.21. The monoisotopic (exact) mass is 266 g/mol. The molecule has 1 saturated heterocycles. The number of ether oxygens (including phenoxy) is 1. The van der Waals surface area contributed by atoms with Gasteiger partial charge in [-0.2, -0.15) is 11.8 Å². The van der Waals surface area contributed by atoms with E-state index in [0.29, 0.717) is 18.2 Å². The molecule has 5 heteroatoms. The lowest BCUT2D eigenvalue weighted by molar-refractivity contribution is 0.0526. The van der Waals surface area contributed by atoms with Crippen LogP contribution in [-0.4, -0.2) is 42.2 Å². The summed E-state index contributed by atoms with van der Waals surface area (Å²) in [6.45, 7) is 2.19. The first-order chi connectivity index (χ1) is 8.72. The zero-order valence-corrected chi connectivity index (χ0v) is 11.6. The molecule has 1 aromatic heterocycles. The first-order valence-corrected chi connectivity index (χ1v) is 7.31. The average molecular weight is 266 g/mol. The molecule has 0 aromatic carbocycles. The number of esters is 1. The van der Waals surface area contributed by atoms with Gasteiger partial charge in [-0.1, -0.05) is 0 Å². The smallest absolute Gasteiger partial charge is 0.339 e. The van der Waals surface area contributed by atoms with Gasteiger partial charge < -0.3 is 9.64 Å². The lowest BCUT2D eigenvalue weighted by Crippen LogP contribution is -2.31. The van der Waals surface area contributed by atoms with Gasteiger partial charge in [-0.15, -0.1) is 0 Å². The Bertz CT molecular complexity index is 402. The van der Waals surface area contributed by atoms with Gasteiger partial charge in [0.2, 0.25) is 0 Å². The molecule has 1 aliphatic rings. The van der Waals surface area contributed by atoms with Crippen LogP contribution in [0.25, 0.3) is 0 Å². The zero-order chi connectivity index (χ0) is 13.0. The average Bonchev–Trinajstić information content (AvgIpc) is 2.92. The van der Waals surface area contributed by atoms with Crippen LogP contribution < -0.4 is 4.90 Å². The summed E-state index contributed by atoms with van der Waals surface area (Å²) < 4.78 is 4.93. The van der Waals surface area contributed by atoms with Crippen molar-refractivity contribution in [2.45, 2.75) is 19.4 Å². The third-order valence-corrected chi connectivity index (χ3v) is 4.22. The summed E-state index contributed by atoms with van der Waals surface area (Å²) in [5.74, 6) is 2.97. The van der Waals surface area contributed by atoms with Crippen molar-refractivity contribution < 1.29 is 9.53 Å². The van der Waals surface area contributed by atoms with Gasteiger partial charge in [0, 0.05) is 25.0 Å². The normalized spacial score (nSPS) is 18.7. The third-order valence-electron chi connectivity index (χ3n) is 3.07. The highest BCUT2D eigenvalue weighted by atomic mass is 32.2. The number of aromatic nitrogens is 1. The minimum atomic E-state index is -0.310. The second kappa shape index (κ2) is 6.09. The Kier molecular flexibility index (Phi) is 4.47. The number of carbonyl (C=O) groups excluding carboxylic acids is 1. The molecular formula is C13H18N2O2S. The van der Waals surface area contributed by atoms with Crippen LogP contribution in [0.1, 0.15) is 23.7 Å². The van der Waals surface area contributed by atoms with Crippen molar-refractivity contribution in [3.8, 4) is 0 Å². The Morgan fingerprint density at radius 2 is 2.44 bits per heavy atom. The number of hydrogen-bond acceptors (Lipinski definition) is 5. The minimum absolute atomic E-state index is 0.310. The molecule has 0 amide bonds. The summed E-state index contributed by atoms with van der Waals surface area (Å²) in [6.07, 6.45) is 2.79. The maximum atomic E-state index is 11.5. The Morgan fingerprint density at radius 1 is 1.61 bits per heavy atom. The largest absolute Gasteiger partial charge is 0.462 e. The minimum Gasteiger partial charge on any atom is -0.462 e. The number of rotatable bonds is 4. The summed E-state index contributed by atoms with van der Waals surface area (Å²) in [5.41, 5.74) is 0.509. The predicted molar refractivity (Wildman–Crippen MR) is 74.3 cm³/mol. The van der Waals surface area contributed by atoms with Crippen LogP contribution in [0.3, 0.4) is 0 Å². The molecule has 18 heavy (non-hydrogen) atoms. The topological polar surface area (TPSA) is 42.4 Å². The van der Waals surface area contributed by atoms with Gasteiger partial charge in [0.1, 0.15) is 5.82 Å². The van der Waals surface area contributed by atoms with E-state index in [9.17, 15) is 4.79 Å². The molecule has 0 spiro atoms. The van der Waals surface area contributed by atoms with Gasteiger partial charge in [-0.3, -0.25) is 0 Å². The summed E-state index contributed by atoms with van der Waals surface area (Å²) in [6, 6.07) is 4.21. The fourth-order valence-electron chi connectivity index (χ4n) is 1.94. The van der Waals surface area contributed by atoms with Gasteiger partial charge in [0.15, 0.2) is 0 Å². The molecule has 1 unspecified atom stereocenters. The molecule has 98 valence electrons. The van der Waals surface area contributed by atoms with Crippen molar-refractivity contribution in [1.29, 1.82) is 0 Å². The molecule has 0 radical (unpaired) electrons. The molecule has 1 atom stereocenters. The number of hydrogen-bond donors (Lipinski definition) is 0. The predicted octanol–water partition coefficient (Wildman–Crippen LogP) is 2.20. The number of nitrogens with zero attached hydrogens (tertiary/aromatic N) is 2. The lowest BCUT2D eigenvalue weighted by atomic mass is 10.2.